The smallest absolute Gasteiger partial charge is 0.248 e. The molecule has 7 nitrogen and oxygen atoms in total. The minimum absolute atomic E-state index is 0.00396. The van der Waals surface area contributed by atoms with Gasteiger partial charge in [0.15, 0.2) is 0 Å². The molecular formula is C29H35N3O4S. The number of amides is 3. The van der Waals surface area contributed by atoms with E-state index in [4.69, 9.17) is 0 Å². The van der Waals surface area contributed by atoms with Crippen LogP contribution in [0.3, 0.4) is 0 Å². The molecular weight excluding hydrogens is 486 g/mol. The van der Waals surface area contributed by atoms with Crippen LogP contribution in [0, 0.1) is 31.6 Å². The highest BCUT2D eigenvalue weighted by molar-refractivity contribution is 8.02. The maximum Gasteiger partial charge on any atom is 0.248 e. The highest BCUT2D eigenvalue weighted by atomic mass is 32.2. The summed E-state index contributed by atoms with van der Waals surface area (Å²) in [6.07, 6.45) is 1.17. The lowest BCUT2D eigenvalue weighted by molar-refractivity contribution is -0.139. The van der Waals surface area contributed by atoms with Crippen LogP contribution in [-0.4, -0.2) is 56.9 Å². The number of hydrogen-bond acceptors (Lipinski definition) is 5. The second kappa shape index (κ2) is 10.1. The van der Waals surface area contributed by atoms with E-state index < -0.39 is 22.6 Å². The fourth-order valence-electron chi connectivity index (χ4n) is 6.58. The first-order chi connectivity index (χ1) is 17.8. The summed E-state index contributed by atoms with van der Waals surface area (Å²) < 4.78 is -0.673. The van der Waals surface area contributed by atoms with Gasteiger partial charge in [0.25, 0.3) is 0 Å². The molecule has 3 fully saturated rings. The lowest BCUT2D eigenvalue weighted by atomic mass is 9.66. The van der Waals surface area contributed by atoms with Crippen molar-refractivity contribution in [3.05, 3.63) is 65.2 Å². The summed E-state index contributed by atoms with van der Waals surface area (Å²) in [7, 11) is 0. The Labute approximate surface area is 222 Å². The third kappa shape index (κ3) is 4.34. The van der Waals surface area contributed by atoms with Crippen LogP contribution in [0.25, 0.3) is 0 Å². The van der Waals surface area contributed by atoms with E-state index in [2.05, 4.69) is 17.6 Å². The Morgan fingerprint density at radius 3 is 2.62 bits per heavy atom. The first-order valence-corrected chi connectivity index (χ1v) is 13.9. The van der Waals surface area contributed by atoms with Crippen LogP contribution in [0.1, 0.15) is 36.5 Å². The molecule has 5 rings (SSSR count). The van der Waals surface area contributed by atoms with Gasteiger partial charge in [-0.3, -0.25) is 14.4 Å². The molecule has 3 saturated heterocycles. The molecule has 2 bridgehead atoms. The van der Waals surface area contributed by atoms with Crippen molar-refractivity contribution in [2.75, 3.05) is 18.5 Å². The van der Waals surface area contributed by atoms with Crippen molar-refractivity contribution in [3.63, 3.8) is 0 Å². The number of benzene rings is 2. The zero-order chi connectivity index (χ0) is 26.3. The van der Waals surface area contributed by atoms with E-state index in [-0.39, 0.29) is 42.0 Å². The summed E-state index contributed by atoms with van der Waals surface area (Å²) in [5.74, 6) is -1.42. The molecule has 1 spiro atoms. The van der Waals surface area contributed by atoms with Crippen molar-refractivity contribution in [1.82, 2.24) is 10.2 Å². The van der Waals surface area contributed by atoms with Gasteiger partial charge in [0.1, 0.15) is 6.04 Å². The molecule has 2 aromatic rings. The van der Waals surface area contributed by atoms with Crippen molar-refractivity contribution in [3.8, 4) is 0 Å². The van der Waals surface area contributed by atoms with Crippen LogP contribution in [0.5, 0.6) is 0 Å². The second-order valence-electron chi connectivity index (χ2n) is 10.7. The number of likely N-dealkylation sites (tertiary alicyclic amines) is 1. The van der Waals surface area contributed by atoms with Gasteiger partial charge in [-0.15, -0.1) is 11.8 Å². The molecule has 196 valence electrons. The number of thioether (sulfide) groups is 1. The minimum Gasteiger partial charge on any atom is -0.396 e. The Morgan fingerprint density at radius 1 is 1.14 bits per heavy atom. The maximum absolute atomic E-state index is 14.0. The van der Waals surface area contributed by atoms with Crippen LogP contribution >= 0.6 is 11.8 Å². The van der Waals surface area contributed by atoms with Crippen LogP contribution in [0.2, 0.25) is 0 Å². The minimum atomic E-state index is -0.701. The van der Waals surface area contributed by atoms with Gasteiger partial charge in [0.2, 0.25) is 17.7 Å². The lowest BCUT2D eigenvalue weighted by Gasteiger charge is -2.38. The number of hydrogen-bond donors (Lipinski definition) is 3. The van der Waals surface area contributed by atoms with E-state index in [0.29, 0.717) is 13.0 Å². The predicted molar refractivity (Wildman–Crippen MR) is 145 cm³/mol. The number of aliphatic hydroxyl groups excluding tert-OH is 1. The standard InChI is InChI=1S/C29H35N3O4S/c1-17-10-11-18(2)21(14-17)31-27(35)25-29-19(3)15-22(37-29)23(24(29)28(36)32(25)12-7-13-33)26(34)30-16-20-8-5-4-6-9-20/h4-6,8-11,14,19,22-25,33H,7,12-13,15-16H2,1-3H3,(H,30,34)(H,31,35)/t19?,22-,23+,24-,25?,29?/m0/s1. The third-order valence-electron chi connectivity index (χ3n) is 8.31. The first-order valence-electron chi connectivity index (χ1n) is 13.1. The number of aryl methyl sites for hydroxylation is 2. The molecule has 3 aliphatic heterocycles. The summed E-state index contributed by atoms with van der Waals surface area (Å²) in [5, 5.41) is 15.7. The zero-order valence-electron chi connectivity index (χ0n) is 21.6. The molecule has 2 aromatic carbocycles. The maximum atomic E-state index is 14.0. The van der Waals surface area contributed by atoms with Crippen LogP contribution in [0.4, 0.5) is 5.69 Å². The average Bonchev–Trinajstić information content (AvgIpc) is 3.47. The van der Waals surface area contributed by atoms with Crippen LogP contribution in [0.15, 0.2) is 48.5 Å². The average molecular weight is 522 g/mol. The number of carbonyl (C=O) groups excluding carboxylic acids is 3. The van der Waals surface area contributed by atoms with E-state index in [9.17, 15) is 19.5 Å². The van der Waals surface area contributed by atoms with Crippen molar-refractivity contribution < 1.29 is 19.5 Å². The largest absolute Gasteiger partial charge is 0.396 e. The van der Waals surface area contributed by atoms with Gasteiger partial charge < -0.3 is 20.6 Å². The fraction of sp³-hybridized carbons (Fsp3) is 0.483. The van der Waals surface area contributed by atoms with Crippen molar-refractivity contribution in [1.29, 1.82) is 0 Å². The zero-order valence-corrected chi connectivity index (χ0v) is 22.4. The number of nitrogens with one attached hydrogen (secondary N) is 2. The first kappa shape index (κ1) is 25.8. The van der Waals surface area contributed by atoms with Crippen molar-refractivity contribution in [2.24, 2.45) is 17.8 Å². The van der Waals surface area contributed by atoms with Gasteiger partial charge in [-0.25, -0.2) is 0 Å². The Bertz CT molecular complexity index is 1200. The highest BCUT2D eigenvalue weighted by Gasteiger charge is 2.75. The monoisotopic (exact) mass is 521 g/mol. The Morgan fingerprint density at radius 2 is 1.89 bits per heavy atom. The van der Waals surface area contributed by atoms with Crippen LogP contribution < -0.4 is 10.6 Å². The van der Waals surface area contributed by atoms with E-state index in [0.717, 1.165) is 28.8 Å². The van der Waals surface area contributed by atoms with Gasteiger partial charge in [0.05, 0.1) is 16.6 Å². The normalized spacial score (nSPS) is 29.9. The Hall–Kier alpha value is -2.84. The molecule has 3 N–H and O–H groups in total. The SMILES string of the molecule is Cc1ccc(C)c(NC(=O)C2N(CCCO)C(=O)[C@@H]3[C@H](C(=O)NCc4ccccc4)[C@@H]4CC(C)C23S4)c1. The fourth-order valence-corrected chi connectivity index (χ4v) is 9.00. The molecule has 3 unspecified atom stereocenters. The van der Waals surface area contributed by atoms with Crippen molar-refractivity contribution >= 4 is 35.2 Å². The molecule has 3 amide bonds. The van der Waals surface area contributed by atoms with Gasteiger partial charge in [-0.05, 0) is 55.4 Å². The number of aliphatic hydroxyl groups is 1. The van der Waals surface area contributed by atoms with E-state index in [1.54, 1.807) is 16.7 Å². The second-order valence-corrected chi connectivity index (χ2v) is 12.2. The predicted octanol–water partition coefficient (Wildman–Crippen LogP) is 3.28. The number of anilines is 1. The summed E-state index contributed by atoms with van der Waals surface area (Å²) in [6, 6.07) is 14.9. The van der Waals surface area contributed by atoms with Gasteiger partial charge in [-0.1, -0.05) is 49.4 Å². The molecule has 0 aromatic heterocycles. The van der Waals surface area contributed by atoms with Gasteiger partial charge in [-0.2, -0.15) is 0 Å². The van der Waals surface area contributed by atoms with Crippen LogP contribution in [-0.2, 0) is 20.9 Å². The Kier molecular flexibility index (Phi) is 7.07. The summed E-state index contributed by atoms with van der Waals surface area (Å²) in [6.45, 7) is 6.66. The molecule has 3 aliphatic rings. The lowest BCUT2D eigenvalue weighted by Crippen LogP contribution is -2.55. The third-order valence-corrected chi connectivity index (χ3v) is 10.4. The highest BCUT2D eigenvalue weighted by Crippen LogP contribution is 2.68. The van der Waals surface area contributed by atoms with Gasteiger partial charge >= 0.3 is 0 Å². The molecule has 3 heterocycles. The molecule has 0 aliphatic carbocycles. The number of rotatable bonds is 8. The van der Waals surface area contributed by atoms with E-state index in [1.807, 2.05) is 62.4 Å². The summed E-state index contributed by atoms with van der Waals surface area (Å²) in [5.41, 5.74) is 3.73. The molecule has 8 heteroatoms. The van der Waals surface area contributed by atoms with Gasteiger partial charge in [0, 0.05) is 30.6 Å². The summed E-state index contributed by atoms with van der Waals surface area (Å²) >= 11 is 1.66. The molecule has 37 heavy (non-hydrogen) atoms. The van der Waals surface area contributed by atoms with E-state index in [1.165, 1.54) is 0 Å². The topological polar surface area (TPSA) is 98.7 Å². The quantitative estimate of drug-likeness (QED) is 0.495. The summed E-state index contributed by atoms with van der Waals surface area (Å²) in [4.78, 5) is 43.1. The Balaban J connectivity index is 1.46. The number of fused-ring (bicyclic) bond motifs is 1. The number of nitrogens with zero attached hydrogens (tertiary/aromatic N) is 1. The molecule has 6 atom stereocenters. The number of carbonyl (C=O) groups is 3. The molecule has 0 saturated carbocycles. The van der Waals surface area contributed by atoms with Crippen molar-refractivity contribution in [2.45, 2.75) is 56.2 Å². The molecule has 0 radical (unpaired) electrons. The van der Waals surface area contributed by atoms with E-state index >= 15 is 0 Å².